The van der Waals surface area contributed by atoms with Gasteiger partial charge in [-0.05, 0) is 128 Å². The van der Waals surface area contributed by atoms with Crippen LogP contribution in [-0.2, 0) is 83.9 Å². The lowest BCUT2D eigenvalue weighted by atomic mass is 9.94. The predicted molar refractivity (Wildman–Crippen MR) is 515 cm³/mol. The molecule has 6 aromatic carbocycles. The van der Waals surface area contributed by atoms with Crippen molar-refractivity contribution in [1.29, 1.82) is 0 Å². The highest BCUT2D eigenvalue weighted by Gasteiger charge is 2.33. The zero-order chi connectivity index (χ0) is 81.4. The van der Waals surface area contributed by atoms with E-state index in [9.17, 15) is 24.0 Å². The molecule has 10 rings (SSSR count). The summed E-state index contributed by atoms with van der Waals surface area (Å²) in [5.74, 6) is 0.0184. The van der Waals surface area contributed by atoms with E-state index in [1.165, 1.54) is 56.3 Å². The van der Waals surface area contributed by atoms with Crippen molar-refractivity contribution in [2.75, 3.05) is 26.1 Å². The number of hydrogen-bond donors (Lipinski definition) is 6. The van der Waals surface area contributed by atoms with E-state index in [0.29, 0.717) is 44.2 Å². The maximum atomic E-state index is 14.2. The number of nitrogens with two attached hydrogens (primary N) is 1. The molecule has 0 saturated carbocycles. The van der Waals surface area contributed by atoms with Crippen LogP contribution in [0.5, 0.6) is 0 Å². The first-order valence-electron chi connectivity index (χ1n) is 37.7. The average Bonchev–Trinajstić information content (AvgIpc) is 0.840. The Kier molecular flexibility index (Phi) is 54.1. The number of halogens is 4. The summed E-state index contributed by atoms with van der Waals surface area (Å²) >= 11 is 12.4. The summed E-state index contributed by atoms with van der Waals surface area (Å²) in [5.41, 5.74) is 19.5. The second-order valence-electron chi connectivity index (χ2n) is 27.7. The molecule has 116 heavy (non-hydrogen) atoms. The number of hydrogen-bond acceptors (Lipinski definition) is 18. The van der Waals surface area contributed by atoms with Gasteiger partial charge in [0.2, 0.25) is 5.91 Å². The highest BCUT2D eigenvalue weighted by molar-refractivity contribution is 15.0. The molecule has 0 saturated heterocycles. The van der Waals surface area contributed by atoms with E-state index in [0.717, 1.165) is 87.8 Å². The van der Waals surface area contributed by atoms with Gasteiger partial charge in [0.1, 0.15) is 25.9 Å². The molecule has 0 radical (unpaired) electrons. The van der Waals surface area contributed by atoms with Gasteiger partial charge in [-0.3, -0.25) is 19.7 Å². The van der Waals surface area contributed by atoms with Crippen molar-refractivity contribution in [3.8, 4) is 0 Å². The van der Waals surface area contributed by atoms with Gasteiger partial charge in [-0.25, -0.2) is 24.2 Å². The smallest absolute Gasteiger partial charge is 0.407 e. The number of benzene rings is 6. The lowest BCUT2D eigenvalue weighted by molar-refractivity contribution is -0.135. The summed E-state index contributed by atoms with van der Waals surface area (Å²) in [4.78, 5) is 89.9. The molecule has 0 fully saturated rings. The summed E-state index contributed by atoms with van der Waals surface area (Å²) in [5, 5.41) is 18.6. The number of nitrogens with zero attached hydrogens (tertiary/aromatic N) is 6. The highest BCUT2D eigenvalue weighted by atomic mass is 128. The largest absolute Gasteiger partial charge is 0.444 e. The van der Waals surface area contributed by atoms with Crippen LogP contribution < -0.4 is 32.3 Å². The molecular weight excluding hydrogens is 1990 g/mol. The fourth-order valence-electron chi connectivity index (χ4n) is 12.3. The standard InChI is InChI=1S/C38H50N6O4S2.C24H29N3O2S.C23H27N3O2S.CH3I.2CH4.I2.HI/c1-26(2)34(42-37(46)43(5)22-31-24-49-35(40-31)27(3)4)36(45)44(6)32(20-29-15-11-8-12-16-29)18-17-30(19-28-13-9-7-10-14-28)41-38(47)48-23-33-21-39-25-50-33;1-25-21(14-19-8-4-2-5-9-19)12-13-22(15-20-10-6-3-7-11-20)27-24(28)29-17-23-16-26-18-30-23;24-20(13-18-7-3-1-4-8-18)11-12-21(14-19-9-5-2-6-10-19)26-23(27)28-16-22-15-25-17-29-22;1-2;;;1-2;/h7-16,21,24-27,30,32,34H,17-20,22-23H2,1-6H3,(H,41,47)(H,42,46);2-11,16,18,21-22,25H,12-15,17H2,1H3,(H,27,28);1-10,15,17,20-21H,11-14,16,24H2,(H,26,27);1H3;2*1H4;;1H/t30-,32-,34+;21-,22-;20-,21-;;;;;/m111...../s1. The third-order valence-electron chi connectivity index (χ3n) is 18.3. The Balaban J connectivity index is 0.000000457. The van der Waals surface area contributed by atoms with Crippen LogP contribution in [0.2, 0.25) is 0 Å². The number of urea groups is 1. The summed E-state index contributed by atoms with van der Waals surface area (Å²) in [6.07, 6.45) is 13.0. The van der Waals surface area contributed by atoms with Crippen LogP contribution in [0, 0.1) is 5.92 Å². The number of nitrogens with one attached hydrogen (secondary N) is 5. The number of amides is 6. The van der Waals surface area contributed by atoms with Gasteiger partial charge < -0.3 is 56.3 Å². The first-order chi connectivity index (χ1) is 54.9. The van der Waals surface area contributed by atoms with Gasteiger partial charge in [0.15, 0.2) is 0 Å². The van der Waals surface area contributed by atoms with Gasteiger partial charge in [0, 0.05) is 117 Å². The summed E-state index contributed by atoms with van der Waals surface area (Å²) in [7, 11) is 5.53. The number of aromatic nitrogens is 4. The van der Waals surface area contributed by atoms with Gasteiger partial charge in [-0.1, -0.05) is 247 Å². The summed E-state index contributed by atoms with van der Waals surface area (Å²) in [6, 6.07) is 60.1. The molecule has 0 aliphatic carbocycles. The van der Waals surface area contributed by atoms with E-state index in [2.05, 4.69) is 193 Å². The molecule has 0 spiro atoms. The molecule has 0 unspecified atom stereocenters. The van der Waals surface area contributed by atoms with Crippen LogP contribution >= 0.6 is 129 Å². The van der Waals surface area contributed by atoms with Crippen LogP contribution in [0.15, 0.2) is 222 Å². The molecule has 0 aliphatic rings. The number of rotatable bonds is 38. The van der Waals surface area contributed by atoms with Crippen molar-refractivity contribution in [3.63, 3.8) is 0 Å². The quantitative estimate of drug-likeness (QED) is 0.0120. The molecular formula is C88H118I4N12O8S4. The van der Waals surface area contributed by atoms with Crippen molar-refractivity contribution in [2.24, 2.45) is 11.7 Å². The van der Waals surface area contributed by atoms with E-state index in [1.807, 2.05) is 147 Å². The van der Waals surface area contributed by atoms with E-state index in [4.69, 9.17) is 19.9 Å². The average molecular weight is 2110 g/mol. The third-order valence-corrected chi connectivity index (χ3v) is 21.8. The first kappa shape index (κ1) is 103. The molecule has 28 heteroatoms. The molecule has 10 aromatic rings. The topological polar surface area (TPSA) is 257 Å². The maximum absolute atomic E-state index is 14.2. The molecule has 6 amide bonds. The fraction of sp³-hybridized carbons (Fsp3) is 0.398. The van der Waals surface area contributed by atoms with E-state index >= 15 is 0 Å². The van der Waals surface area contributed by atoms with Crippen molar-refractivity contribution in [3.05, 3.63) is 281 Å². The SMILES string of the molecule is C.C.CC(C)c1nc(CN(C)C(=O)N[C@H](C(=O)N(C)[C@H](CC[C@H](Cc2ccccc2)NC(=O)OCc2cncs2)Cc2ccccc2)C(C)C)cs1.CI.CN[C@H](CC[C@H](Cc1ccccc1)NC(=O)OCc1cncs1)Cc1ccccc1.I.II.N[C@H](CC[C@H](Cc1ccccc1)NC(=O)OCc1cncs1)Cc1ccccc1. The summed E-state index contributed by atoms with van der Waals surface area (Å²) < 4.78 is 16.2. The number of carbonyl (C=O) groups is 5. The van der Waals surface area contributed by atoms with E-state index < -0.39 is 18.2 Å². The van der Waals surface area contributed by atoms with E-state index in [1.54, 1.807) is 63.3 Å². The molecule has 0 aliphatic heterocycles. The minimum Gasteiger partial charge on any atom is -0.444 e. The van der Waals surface area contributed by atoms with Gasteiger partial charge in [0.25, 0.3) is 0 Å². The van der Waals surface area contributed by atoms with Crippen LogP contribution in [0.4, 0.5) is 19.2 Å². The van der Waals surface area contributed by atoms with Crippen molar-refractivity contribution < 1.29 is 38.2 Å². The lowest BCUT2D eigenvalue weighted by Crippen LogP contribution is -2.55. The van der Waals surface area contributed by atoms with Gasteiger partial charge in [-0.15, -0.1) is 69.3 Å². The highest BCUT2D eigenvalue weighted by Crippen LogP contribution is 2.24. The first-order valence-corrected chi connectivity index (χ1v) is 49.7. The molecule has 630 valence electrons. The lowest BCUT2D eigenvalue weighted by Gasteiger charge is -2.34. The molecule has 4 heterocycles. The Morgan fingerprint density at radius 2 is 0.784 bits per heavy atom. The Morgan fingerprint density at radius 3 is 1.11 bits per heavy atom. The normalized spacial score (nSPS) is 12.3. The predicted octanol–water partition coefficient (Wildman–Crippen LogP) is 20.9. The Labute approximate surface area is 759 Å². The number of ether oxygens (including phenoxy) is 3. The number of alkyl halides is 1. The number of carbonyl (C=O) groups excluding carboxylic acids is 5. The second-order valence-corrected chi connectivity index (χ2v) is 31.5. The zero-order valence-electron chi connectivity index (χ0n) is 66.1. The number of likely N-dealkylation sites (N-methyl/N-ethyl adjacent to an activating group) is 2. The third kappa shape index (κ3) is 41.3. The molecule has 7 atom stereocenters. The summed E-state index contributed by atoms with van der Waals surface area (Å²) in [6.45, 7) is 9.07. The minimum absolute atomic E-state index is 0. The second kappa shape index (κ2) is 60.7. The van der Waals surface area contributed by atoms with Gasteiger partial charge in [-0.2, -0.15) is 0 Å². The van der Waals surface area contributed by atoms with E-state index in [-0.39, 0.29) is 113 Å². The van der Waals surface area contributed by atoms with Crippen molar-refractivity contribution >= 4 is 159 Å². The molecule has 0 bridgehead atoms. The van der Waals surface area contributed by atoms with Crippen molar-refractivity contribution in [1.82, 2.24) is 56.3 Å². The zero-order valence-corrected chi connectivity index (χ0v) is 78.1. The van der Waals surface area contributed by atoms with Gasteiger partial charge in [0.05, 0.1) is 48.4 Å². The van der Waals surface area contributed by atoms with Gasteiger partial charge >= 0.3 is 24.3 Å². The van der Waals surface area contributed by atoms with Crippen LogP contribution in [0.3, 0.4) is 0 Å². The monoisotopic (exact) mass is 2110 g/mol. The van der Waals surface area contributed by atoms with Crippen molar-refractivity contribution in [2.45, 2.75) is 194 Å². The Bertz CT molecular complexity index is 4160. The molecule has 7 N–H and O–H groups in total. The molecule has 4 aromatic heterocycles. The fourth-order valence-corrected chi connectivity index (χ4v) is 14.6. The minimum atomic E-state index is -0.727. The number of thiazole rings is 4. The maximum Gasteiger partial charge on any atom is 0.407 e. The number of alkyl carbamates (subject to hydrolysis) is 3. The van der Waals surface area contributed by atoms with Crippen LogP contribution in [0.25, 0.3) is 0 Å². The van der Waals surface area contributed by atoms with Crippen LogP contribution in [-0.4, -0.2) is 128 Å². The van der Waals surface area contributed by atoms with Crippen LogP contribution in [0.1, 0.15) is 146 Å². The Hall–Kier alpha value is -6.77. The molecule has 20 nitrogen and oxygen atoms in total. The Morgan fingerprint density at radius 1 is 0.457 bits per heavy atom.